The first kappa shape index (κ1) is 15.2. The lowest BCUT2D eigenvalue weighted by molar-refractivity contribution is 0.517. The molecule has 0 atom stereocenters. The van der Waals surface area contributed by atoms with Crippen LogP contribution in [0.25, 0.3) is 43.3 Å². The molecule has 26 heavy (non-hydrogen) atoms. The van der Waals surface area contributed by atoms with Gasteiger partial charge in [0.25, 0.3) is 0 Å². The van der Waals surface area contributed by atoms with E-state index in [0.717, 1.165) is 9.75 Å². The zero-order valence-electron chi connectivity index (χ0n) is 13.0. The van der Waals surface area contributed by atoms with Crippen LogP contribution in [0, 0.1) is 0 Å². The number of nitrogens with zero attached hydrogens (tertiary/aromatic N) is 2. The van der Waals surface area contributed by atoms with Gasteiger partial charge in [0.15, 0.2) is 0 Å². The number of benzene rings is 1. The summed E-state index contributed by atoms with van der Waals surface area (Å²) < 4.78 is 10.7. The number of thiophene rings is 2. The molecule has 0 aliphatic rings. The average molecular weight is 380 g/mol. The summed E-state index contributed by atoms with van der Waals surface area (Å²) in [6.45, 7) is 0. The Morgan fingerprint density at radius 3 is 1.58 bits per heavy atom. The molecular weight excluding hydrogens is 372 g/mol. The number of hydrogen-bond donors (Lipinski definition) is 0. The van der Waals surface area contributed by atoms with Crippen molar-refractivity contribution >= 4 is 44.5 Å². The van der Waals surface area contributed by atoms with Crippen molar-refractivity contribution in [3.05, 3.63) is 68.0 Å². The third-order valence-corrected chi connectivity index (χ3v) is 5.56. The van der Waals surface area contributed by atoms with Gasteiger partial charge in [-0.25, -0.2) is 19.6 Å². The molecule has 8 heteroatoms. The predicted octanol–water partition coefficient (Wildman–Crippen LogP) is 4.15. The minimum Gasteiger partial charge on any atom is -0.402 e. The van der Waals surface area contributed by atoms with Crippen LogP contribution in [-0.2, 0) is 0 Å². The van der Waals surface area contributed by atoms with E-state index in [9.17, 15) is 9.59 Å². The van der Waals surface area contributed by atoms with Crippen LogP contribution in [-0.4, -0.2) is 9.97 Å². The molecule has 126 valence electrons. The molecular formula is C18H8N2O4S2. The molecule has 0 amide bonds. The van der Waals surface area contributed by atoms with Crippen LogP contribution >= 0.6 is 22.7 Å². The maximum atomic E-state index is 12.4. The van der Waals surface area contributed by atoms with Gasteiger partial charge in [-0.1, -0.05) is 12.1 Å². The summed E-state index contributed by atoms with van der Waals surface area (Å²) in [6, 6.07) is 10.4. The third kappa shape index (κ3) is 2.39. The second kappa shape index (κ2) is 5.72. The summed E-state index contributed by atoms with van der Waals surface area (Å²) in [5.41, 5.74) is -0.300. The average Bonchev–Trinajstić information content (AvgIpc) is 3.34. The third-order valence-electron chi connectivity index (χ3n) is 3.84. The van der Waals surface area contributed by atoms with E-state index in [-0.39, 0.29) is 22.6 Å². The first-order valence-corrected chi connectivity index (χ1v) is 9.32. The smallest absolute Gasteiger partial charge is 0.347 e. The Balaban J connectivity index is 1.80. The lowest BCUT2D eigenvalue weighted by Crippen LogP contribution is -2.07. The van der Waals surface area contributed by atoms with Gasteiger partial charge in [-0.3, -0.25) is 0 Å². The number of rotatable bonds is 2. The van der Waals surface area contributed by atoms with Gasteiger partial charge >= 0.3 is 11.3 Å². The molecule has 0 spiro atoms. The molecule has 4 heterocycles. The molecule has 0 saturated carbocycles. The summed E-state index contributed by atoms with van der Waals surface area (Å²) in [6.07, 6.45) is 0. The highest BCUT2D eigenvalue weighted by Gasteiger charge is 2.15. The molecule has 0 aliphatic carbocycles. The number of aromatic nitrogens is 2. The van der Waals surface area contributed by atoms with E-state index in [0.29, 0.717) is 11.0 Å². The molecule has 0 N–H and O–H groups in total. The topological polar surface area (TPSA) is 86.2 Å². The molecule has 5 aromatic rings. The molecule has 0 fully saturated rings. The van der Waals surface area contributed by atoms with Gasteiger partial charge in [-0.2, -0.15) is 0 Å². The van der Waals surface area contributed by atoms with Crippen molar-refractivity contribution in [3.63, 3.8) is 0 Å². The van der Waals surface area contributed by atoms with Gasteiger partial charge in [0.2, 0.25) is 11.8 Å². The molecule has 0 aliphatic heterocycles. The van der Waals surface area contributed by atoms with Gasteiger partial charge in [0.1, 0.15) is 0 Å². The zero-order valence-corrected chi connectivity index (χ0v) is 14.6. The van der Waals surface area contributed by atoms with Gasteiger partial charge in [-0.05, 0) is 35.0 Å². The molecule has 5 rings (SSSR count). The quantitative estimate of drug-likeness (QED) is 0.428. The van der Waals surface area contributed by atoms with Gasteiger partial charge in [0, 0.05) is 0 Å². The van der Waals surface area contributed by atoms with Crippen molar-refractivity contribution in [2.24, 2.45) is 0 Å². The fraction of sp³-hybridized carbons (Fsp3) is 0. The van der Waals surface area contributed by atoms with E-state index in [1.807, 2.05) is 35.0 Å². The van der Waals surface area contributed by atoms with Crippen molar-refractivity contribution in [1.29, 1.82) is 0 Å². The van der Waals surface area contributed by atoms with E-state index in [1.165, 1.54) is 34.8 Å². The Kier molecular flexibility index (Phi) is 3.34. The first-order chi connectivity index (χ1) is 12.7. The highest BCUT2D eigenvalue weighted by molar-refractivity contribution is 7.13. The summed E-state index contributed by atoms with van der Waals surface area (Å²) in [5.74, 6) is 0.453. The summed E-state index contributed by atoms with van der Waals surface area (Å²) in [7, 11) is 0. The minimum absolute atomic E-state index is 0.226. The second-order valence-corrected chi connectivity index (χ2v) is 7.35. The van der Waals surface area contributed by atoms with Crippen LogP contribution in [0.4, 0.5) is 0 Å². The SMILES string of the molecule is O=c1oc(-c2cccs2)nc2cc3c(=O)oc(-c4cccs4)nc3cc12. The Bertz CT molecular complexity index is 1260. The molecule has 1 aromatic carbocycles. The standard InChI is InChI=1S/C18H8N2O4S2/c21-17-9-8-12-10(18(22)24-16(20-12)14-4-2-6-26-14)7-11(9)19-15(23-17)13-3-1-5-25-13/h1-8H. The highest BCUT2D eigenvalue weighted by Crippen LogP contribution is 2.26. The molecule has 0 bridgehead atoms. The number of fused-ring (bicyclic) bond motifs is 2. The van der Waals surface area contributed by atoms with Crippen LogP contribution < -0.4 is 11.3 Å². The van der Waals surface area contributed by atoms with Crippen LogP contribution in [0.1, 0.15) is 0 Å². The van der Waals surface area contributed by atoms with E-state index in [4.69, 9.17) is 8.83 Å². The largest absolute Gasteiger partial charge is 0.402 e. The van der Waals surface area contributed by atoms with E-state index in [2.05, 4.69) is 9.97 Å². The fourth-order valence-corrected chi connectivity index (χ4v) is 3.95. The number of hydrogen-bond acceptors (Lipinski definition) is 8. The second-order valence-electron chi connectivity index (χ2n) is 5.45. The van der Waals surface area contributed by atoms with Gasteiger partial charge in [0.05, 0.1) is 31.6 Å². The normalized spacial score (nSPS) is 11.4. The maximum absolute atomic E-state index is 12.4. The van der Waals surface area contributed by atoms with E-state index in [1.54, 1.807) is 0 Å². The Morgan fingerprint density at radius 1 is 0.731 bits per heavy atom. The van der Waals surface area contributed by atoms with E-state index >= 15 is 0 Å². The molecule has 6 nitrogen and oxygen atoms in total. The lowest BCUT2D eigenvalue weighted by Gasteiger charge is -2.03. The van der Waals surface area contributed by atoms with Gasteiger partial charge < -0.3 is 8.83 Å². The monoisotopic (exact) mass is 380 g/mol. The molecule has 0 radical (unpaired) electrons. The molecule has 0 saturated heterocycles. The van der Waals surface area contributed by atoms with Gasteiger partial charge in [-0.15, -0.1) is 22.7 Å². The van der Waals surface area contributed by atoms with Crippen molar-refractivity contribution in [1.82, 2.24) is 9.97 Å². The summed E-state index contributed by atoms with van der Waals surface area (Å²) >= 11 is 2.83. The lowest BCUT2D eigenvalue weighted by atomic mass is 10.2. The van der Waals surface area contributed by atoms with Crippen LogP contribution in [0.3, 0.4) is 0 Å². The van der Waals surface area contributed by atoms with E-state index < -0.39 is 11.3 Å². The maximum Gasteiger partial charge on any atom is 0.347 e. The Hall–Kier alpha value is -3.10. The highest BCUT2D eigenvalue weighted by atomic mass is 32.1. The van der Waals surface area contributed by atoms with Crippen molar-refractivity contribution in [2.75, 3.05) is 0 Å². The Labute approximate surface area is 153 Å². The van der Waals surface area contributed by atoms with Crippen LogP contribution in [0.2, 0.25) is 0 Å². The minimum atomic E-state index is -0.520. The van der Waals surface area contributed by atoms with Crippen molar-refractivity contribution in [3.8, 4) is 21.5 Å². The van der Waals surface area contributed by atoms with Crippen molar-refractivity contribution in [2.45, 2.75) is 0 Å². The summed E-state index contributed by atoms with van der Waals surface area (Å²) in [4.78, 5) is 35.1. The van der Waals surface area contributed by atoms with Crippen LogP contribution in [0.5, 0.6) is 0 Å². The molecule has 4 aromatic heterocycles. The fourth-order valence-electron chi connectivity index (χ4n) is 2.65. The first-order valence-electron chi connectivity index (χ1n) is 7.56. The predicted molar refractivity (Wildman–Crippen MR) is 101 cm³/mol. The Morgan fingerprint density at radius 2 is 1.19 bits per heavy atom. The summed E-state index contributed by atoms with van der Waals surface area (Å²) in [5, 5.41) is 4.28. The zero-order chi connectivity index (χ0) is 17.7. The van der Waals surface area contributed by atoms with Crippen molar-refractivity contribution < 1.29 is 8.83 Å². The van der Waals surface area contributed by atoms with Crippen LogP contribution in [0.15, 0.2) is 65.6 Å². The molecule has 0 unspecified atom stereocenters.